The van der Waals surface area contributed by atoms with Crippen molar-refractivity contribution in [2.45, 2.75) is 31.8 Å². The average molecular weight is 338 g/mol. The highest BCUT2D eigenvalue weighted by Crippen LogP contribution is 2.32. The first kappa shape index (κ1) is 15.9. The first-order valence-corrected chi connectivity index (χ1v) is 8.83. The summed E-state index contributed by atoms with van der Waals surface area (Å²) in [7, 11) is 0. The average Bonchev–Trinajstić information content (AvgIpc) is 3.20. The van der Waals surface area contributed by atoms with Gasteiger partial charge in [-0.25, -0.2) is 0 Å². The molecule has 1 aromatic carbocycles. The molecule has 1 saturated carbocycles. The second-order valence-corrected chi connectivity index (χ2v) is 6.96. The molecule has 1 aliphatic carbocycles. The first-order valence-electron chi connectivity index (χ1n) is 8.83. The third-order valence-corrected chi connectivity index (χ3v) is 4.87. The Bertz CT molecular complexity index is 767. The molecule has 1 N–H and O–H groups in total. The molecule has 1 atom stereocenters. The summed E-state index contributed by atoms with van der Waals surface area (Å²) in [4.78, 5) is 26.4. The van der Waals surface area contributed by atoms with Crippen molar-refractivity contribution in [1.82, 2.24) is 20.0 Å². The number of amides is 2. The Morgan fingerprint density at radius 1 is 1.28 bits per heavy atom. The molecule has 6 nitrogen and oxygen atoms in total. The fourth-order valence-corrected chi connectivity index (χ4v) is 3.42. The highest BCUT2D eigenvalue weighted by atomic mass is 16.2. The molecule has 2 aromatic rings. The zero-order valence-electron chi connectivity index (χ0n) is 14.1. The second kappa shape index (κ2) is 6.70. The van der Waals surface area contributed by atoms with Gasteiger partial charge in [0.1, 0.15) is 0 Å². The van der Waals surface area contributed by atoms with Crippen LogP contribution in [0.3, 0.4) is 0 Å². The molecule has 2 heterocycles. The summed E-state index contributed by atoms with van der Waals surface area (Å²) >= 11 is 0. The van der Waals surface area contributed by atoms with Gasteiger partial charge in [0.05, 0.1) is 6.54 Å². The van der Waals surface area contributed by atoms with Crippen LogP contribution in [0.1, 0.15) is 35.2 Å². The van der Waals surface area contributed by atoms with Gasteiger partial charge in [-0.2, -0.15) is 5.10 Å². The minimum atomic E-state index is -0.0837. The Hall–Kier alpha value is -2.63. The number of rotatable bonds is 6. The van der Waals surface area contributed by atoms with Crippen molar-refractivity contribution in [3.63, 3.8) is 0 Å². The molecular weight excluding hydrogens is 316 g/mol. The molecule has 130 valence electrons. The van der Waals surface area contributed by atoms with Crippen LogP contribution in [0, 0.1) is 5.92 Å². The minimum Gasteiger partial charge on any atom is -0.352 e. The maximum atomic E-state index is 12.4. The summed E-state index contributed by atoms with van der Waals surface area (Å²) in [6, 6.07) is 9.94. The molecule has 1 saturated heterocycles. The van der Waals surface area contributed by atoms with Gasteiger partial charge in [-0.15, -0.1) is 0 Å². The van der Waals surface area contributed by atoms with Crippen molar-refractivity contribution in [2.75, 3.05) is 13.1 Å². The molecule has 2 amide bonds. The normalized spacial score (nSPS) is 20.1. The zero-order valence-corrected chi connectivity index (χ0v) is 14.1. The summed E-state index contributed by atoms with van der Waals surface area (Å²) in [6.45, 7) is 1.97. The van der Waals surface area contributed by atoms with Crippen LogP contribution in [0.5, 0.6) is 0 Å². The van der Waals surface area contributed by atoms with Crippen LogP contribution in [0.2, 0.25) is 0 Å². The summed E-state index contributed by atoms with van der Waals surface area (Å²) in [5, 5.41) is 7.17. The van der Waals surface area contributed by atoms with E-state index in [2.05, 4.69) is 10.4 Å². The maximum Gasteiger partial charge on any atom is 0.251 e. The standard InChI is InChI=1S/C19H22N4O2/c24-18-10-15(13-23(18)17-5-6-17)11-20-19(25)16-4-1-3-14(9-16)12-22-8-2-7-21-22/h1-4,7-9,15,17H,5-6,10-13H2,(H,20,25)/t15-/m0/s1. The fraction of sp³-hybridized carbons (Fsp3) is 0.421. The van der Waals surface area contributed by atoms with E-state index in [0.29, 0.717) is 31.1 Å². The number of hydrogen-bond donors (Lipinski definition) is 1. The van der Waals surface area contributed by atoms with E-state index in [-0.39, 0.29) is 17.7 Å². The molecule has 0 unspecified atom stereocenters. The van der Waals surface area contributed by atoms with E-state index in [1.807, 2.05) is 46.1 Å². The van der Waals surface area contributed by atoms with Gasteiger partial charge in [0.2, 0.25) is 5.91 Å². The topological polar surface area (TPSA) is 67.2 Å². The summed E-state index contributed by atoms with van der Waals surface area (Å²) in [5.74, 6) is 0.381. The molecule has 0 bridgehead atoms. The van der Waals surface area contributed by atoms with Crippen LogP contribution in [-0.4, -0.2) is 45.6 Å². The number of carbonyl (C=O) groups excluding carboxylic acids is 2. The monoisotopic (exact) mass is 338 g/mol. The molecule has 2 fully saturated rings. The lowest BCUT2D eigenvalue weighted by Crippen LogP contribution is -2.32. The SMILES string of the molecule is O=C(NC[C@@H]1CC(=O)N(C2CC2)C1)c1cccc(Cn2cccn2)c1. The van der Waals surface area contributed by atoms with Gasteiger partial charge in [-0.1, -0.05) is 12.1 Å². The highest BCUT2D eigenvalue weighted by molar-refractivity contribution is 5.94. The van der Waals surface area contributed by atoms with Gasteiger partial charge in [-0.3, -0.25) is 14.3 Å². The van der Waals surface area contributed by atoms with Crippen molar-refractivity contribution >= 4 is 11.8 Å². The van der Waals surface area contributed by atoms with Crippen molar-refractivity contribution in [3.05, 3.63) is 53.9 Å². The largest absolute Gasteiger partial charge is 0.352 e. The molecule has 25 heavy (non-hydrogen) atoms. The number of aromatic nitrogens is 2. The van der Waals surface area contributed by atoms with E-state index in [9.17, 15) is 9.59 Å². The lowest BCUT2D eigenvalue weighted by molar-refractivity contribution is -0.128. The molecule has 6 heteroatoms. The Labute approximate surface area is 146 Å². The molecule has 1 aliphatic heterocycles. The van der Waals surface area contributed by atoms with Gasteiger partial charge < -0.3 is 10.2 Å². The molecule has 2 aliphatic rings. The predicted octanol–water partition coefficient (Wildman–Crippen LogP) is 1.67. The van der Waals surface area contributed by atoms with E-state index >= 15 is 0 Å². The summed E-state index contributed by atoms with van der Waals surface area (Å²) < 4.78 is 1.83. The Kier molecular flexibility index (Phi) is 4.26. The number of nitrogens with zero attached hydrogens (tertiary/aromatic N) is 3. The Balaban J connectivity index is 1.32. The molecular formula is C19H22N4O2. The van der Waals surface area contributed by atoms with Crippen molar-refractivity contribution < 1.29 is 9.59 Å². The van der Waals surface area contributed by atoms with Crippen LogP contribution < -0.4 is 5.32 Å². The third kappa shape index (κ3) is 3.73. The van der Waals surface area contributed by atoms with Gasteiger partial charge >= 0.3 is 0 Å². The molecule has 0 spiro atoms. The number of nitrogens with one attached hydrogen (secondary N) is 1. The van der Waals surface area contributed by atoms with Crippen LogP contribution >= 0.6 is 0 Å². The van der Waals surface area contributed by atoms with Gasteiger partial charge in [0.25, 0.3) is 5.91 Å². The van der Waals surface area contributed by atoms with E-state index in [0.717, 1.165) is 24.9 Å². The second-order valence-electron chi connectivity index (χ2n) is 6.96. The van der Waals surface area contributed by atoms with E-state index in [4.69, 9.17) is 0 Å². The van der Waals surface area contributed by atoms with Crippen molar-refractivity contribution in [2.24, 2.45) is 5.92 Å². The fourth-order valence-electron chi connectivity index (χ4n) is 3.42. The van der Waals surface area contributed by atoms with Crippen LogP contribution in [0.4, 0.5) is 0 Å². The number of likely N-dealkylation sites (tertiary alicyclic amines) is 1. The van der Waals surface area contributed by atoms with Gasteiger partial charge in [-0.05, 0) is 36.6 Å². The Morgan fingerprint density at radius 3 is 2.92 bits per heavy atom. The highest BCUT2D eigenvalue weighted by Gasteiger charge is 2.39. The van der Waals surface area contributed by atoms with Gasteiger partial charge in [0, 0.05) is 49.4 Å². The maximum absolute atomic E-state index is 12.4. The third-order valence-electron chi connectivity index (χ3n) is 4.87. The molecule has 1 aromatic heterocycles. The number of hydrogen-bond acceptors (Lipinski definition) is 3. The molecule has 0 radical (unpaired) electrons. The predicted molar refractivity (Wildman–Crippen MR) is 92.9 cm³/mol. The van der Waals surface area contributed by atoms with E-state index in [1.54, 1.807) is 6.20 Å². The van der Waals surface area contributed by atoms with E-state index in [1.165, 1.54) is 0 Å². The van der Waals surface area contributed by atoms with E-state index < -0.39 is 0 Å². The lowest BCUT2D eigenvalue weighted by Gasteiger charge is -2.15. The minimum absolute atomic E-state index is 0.0837. The summed E-state index contributed by atoms with van der Waals surface area (Å²) in [5.41, 5.74) is 1.68. The first-order chi connectivity index (χ1) is 12.2. The van der Waals surface area contributed by atoms with Crippen molar-refractivity contribution in [1.29, 1.82) is 0 Å². The smallest absolute Gasteiger partial charge is 0.251 e. The van der Waals surface area contributed by atoms with Crippen LogP contribution in [0.15, 0.2) is 42.7 Å². The number of carbonyl (C=O) groups is 2. The number of benzene rings is 1. The van der Waals surface area contributed by atoms with Crippen LogP contribution in [0.25, 0.3) is 0 Å². The lowest BCUT2D eigenvalue weighted by atomic mass is 10.1. The zero-order chi connectivity index (χ0) is 17.2. The Morgan fingerprint density at radius 2 is 2.16 bits per heavy atom. The molecule has 4 rings (SSSR count). The van der Waals surface area contributed by atoms with Crippen LogP contribution in [-0.2, 0) is 11.3 Å². The quantitative estimate of drug-likeness (QED) is 0.871. The van der Waals surface area contributed by atoms with Gasteiger partial charge in [0.15, 0.2) is 0 Å². The van der Waals surface area contributed by atoms with Crippen molar-refractivity contribution in [3.8, 4) is 0 Å². The summed E-state index contributed by atoms with van der Waals surface area (Å²) in [6.07, 6.45) is 6.46.